The lowest BCUT2D eigenvalue weighted by atomic mass is 10.1. The number of carbonyl (C=O) groups is 1. The Labute approximate surface area is 197 Å². The number of aromatic nitrogens is 1. The Kier molecular flexibility index (Phi) is 5.70. The number of benzene rings is 2. The predicted molar refractivity (Wildman–Crippen MR) is 135 cm³/mol. The van der Waals surface area contributed by atoms with Crippen LogP contribution in [0.5, 0.6) is 0 Å². The Hall–Kier alpha value is -2.76. The first-order chi connectivity index (χ1) is 15.5. The van der Waals surface area contributed by atoms with Crippen LogP contribution in [0.4, 0.5) is 5.69 Å². The molecule has 3 heterocycles. The van der Waals surface area contributed by atoms with Gasteiger partial charge < -0.3 is 14.4 Å². The minimum atomic E-state index is 0.158. The summed E-state index contributed by atoms with van der Waals surface area (Å²) < 4.78 is 2.14. The first-order valence-corrected chi connectivity index (χ1v) is 12.2. The highest BCUT2D eigenvalue weighted by molar-refractivity contribution is 7.13. The Morgan fingerprint density at radius 3 is 2.72 bits per heavy atom. The molecule has 0 radical (unpaired) electrons. The van der Waals surface area contributed by atoms with Crippen molar-refractivity contribution in [1.29, 1.82) is 0 Å². The number of thiophene rings is 1. The van der Waals surface area contributed by atoms with E-state index in [1.165, 1.54) is 11.3 Å². The van der Waals surface area contributed by atoms with Crippen LogP contribution in [0.15, 0.2) is 66.0 Å². The zero-order valence-electron chi connectivity index (χ0n) is 18.3. The number of hydrogen-bond acceptors (Lipinski definition) is 3. The number of piperazine rings is 1. The average molecular weight is 464 g/mol. The SMILES string of the molecule is Cc1cccc(N2CCN(C(=O)Cn3c(-c4cccs4)cc4cc(Cl)ccc43)C[C@H]2C)c1. The van der Waals surface area contributed by atoms with E-state index in [-0.39, 0.29) is 11.9 Å². The third-order valence-electron chi connectivity index (χ3n) is 6.24. The second-order valence-electron chi connectivity index (χ2n) is 8.52. The topological polar surface area (TPSA) is 28.5 Å². The summed E-state index contributed by atoms with van der Waals surface area (Å²) >= 11 is 7.92. The van der Waals surface area contributed by atoms with E-state index < -0.39 is 0 Å². The molecule has 5 rings (SSSR count). The largest absolute Gasteiger partial charge is 0.365 e. The van der Waals surface area contributed by atoms with Crippen molar-refractivity contribution in [2.24, 2.45) is 0 Å². The summed E-state index contributed by atoms with van der Waals surface area (Å²) in [5, 5.41) is 3.84. The summed E-state index contributed by atoms with van der Waals surface area (Å²) in [5.74, 6) is 0.158. The van der Waals surface area contributed by atoms with Gasteiger partial charge in [-0.25, -0.2) is 0 Å². The van der Waals surface area contributed by atoms with Crippen molar-refractivity contribution in [2.75, 3.05) is 24.5 Å². The molecule has 1 fully saturated rings. The lowest BCUT2D eigenvalue weighted by molar-refractivity contribution is -0.132. The van der Waals surface area contributed by atoms with Crippen LogP contribution in [-0.2, 0) is 11.3 Å². The first-order valence-electron chi connectivity index (χ1n) is 10.9. The summed E-state index contributed by atoms with van der Waals surface area (Å²) in [5.41, 5.74) is 4.60. The lowest BCUT2D eigenvalue weighted by Crippen LogP contribution is -2.54. The molecule has 0 aliphatic carbocycles. The fourth-order valence-electron chi connectivity index (χ4n) is 4.65. The van der Waals surface area contributed by atoms with E-state index in [0.29, 0.717) is 11.6 Å². The van der Waals surface area contributed by atoms with Crippen LogP contribution in [0.3, 0.4) is 0 Å². The molecule has 0 bridgehead atoms. The van der Waals surface area contributed by atoms with E-state index in [0.717, 1.165) is 41.1 Å². The number of rotatable bonds is 4. The van der Waals surface area contributed by atoms with Gasteiger partial charge in [-0.3, -0.25) is 4.79 Å². The zero-order chi connectivity index (χ0) is 22.2. The molecule has 2 aromatic heterocycles. The van der Waals surface area contributed by atoms with Gasteiger partial charge in [0.2, 0.25) is 5.91 Å². The maximum absolute atomic E-state index is 13.4. The van der Waals surface area contributed by atoms with Crippen molar-refractivity contribution < 1.29 is 4.79 Å². The summed E-state index contributed by atoms with van der Waals surface area (Å²) in [6.45, 7) is 6.95. The molecule has 1 aliphatic heterocycles. The maximum atomic E-state index is 13.4. The molecule has 4 nitrogen and oxygen atoms in total. The van der Waals surface area contributed by atoms with Crippen LogP contribution in [0.25, 0.3) is 21.5 Å². The van der Waals surface area contributed by atoms with Crippen molar-refractivity contribution in [3.8, 4) is 10.6 Å². The minimum Gasteiger partial charge on any atom is -0.365 e. The smallest absolute Gasteiger partial charge is 0.242 e. The number of aryl methyl sites for hydroxylation is 1. The normalized spacial score (nSPS) is 16.7. The Morgan fingerprint density at radius 1 is 1.09 bits per heavy atom. The predicted octanol–water partition coefficient (Wildman–Crippen LogP) is 6.07. The number of anilines is 1. The molecule has 1 aliphatic rings. The monoisotopic (exact) mass is 463 g/mol. The van der Waals surface area contributed by atoms with E-state index in [4.69, 9.17) is 11.6 Å². The molecule has 0 unspecified atom stereocenters. The van der Waals surface area contributed by atoms with Gasteiger partial charge >= 0.3 is 0 Å². The molecule has 32 heavy (non-hydrogen) atoms. The molecule has 1 atom stereocenters. The number of amides is 1. The molecule has 0 saturated carbocycles. The van der Waals surface area contributed by atoms with Crippen molar-refractivity contribution >= 4 is 45.4 Å². The van der Waals surface area contributed by atoms with Crippen molar-refractivity contribution in [3.63, 3.8) is 0 Å². The number of carbonyl (C=O) groups excluding carboxylic acids is 1. The fraction of sp³-hybridized carbons (Fsp3) is 0.269. The molecular weight excluding hydrogens is 438 g/mol. The number of fused-ring (bicyclic) bond motifs is 1. The third-order valence-corrected chi connectivity index (χ3v) is 7.37. The molecular formula is C26H26ClN3OS. The van der Waals surface area contributed by atoms with Crippen molar-refractivity contribution in [3.05, 3.63) is 76.6 Å². The lowest BCUT2D eigenvalue weighted by Gasteiger charge is -2.41. The van der Waals surface area contributed by atoms with E-state index >= 15 is 0 Å². The zero-order valence-corrected chi connectivity index (χ0v) is 19.9. The molecule has 2 aromatic carbocycles. The standard InChI is InChI=1S/C26H26ClN3OS/c1-18-5-3-6-22(13-18)29-11-10-28(16-19(29)2)26(31)17-30-23-9-8-21(27)14-20(23)15-24(30)25-7-4-12-32-25/h3-9,12-15,19H,10-11,16-17H2,1-2H3/t19-/m1/s1. The van der Waals surface area contributed by atoms with E-state index in [1.54, 1.807) is 11.3 Å². The molecule has 0 N–H and O–H groups in total. The number of nitrogens with zero attached hydrogens (tertiary/aromatic N) is 3. The fourth-order valence-corrected chi connectivity index (χ4v) is 5.58. The maximum Gasteiger partial charge on any atom is 0.242 e. The van der Waals surface area contributed by atoms with Crippen molar-refractivity contribution in [2.45, 2.75) is 26.4 Å². The van der Waals surface area contributed by atoms with Gasteiger partial charge in [0.05, 0.1) is 10.6 Å². The molecule has 1 saturated heterocycles. The quantitative estimate of drug-likeness (QED) is 0.367. The van der Waals surface area contributed by atoms with Gasteiger partial charge in [-0.05, 0) is 67.3 Å². The van der Waals surface area contributed by atoms with Crippen LogP contribution in [0.1, 0.15) is 12.5 Å². The van der Waals surface area contributed by atoms with Crippen LogP contribution in [0.2, 0.25) is 5.02 Å². The van der Waals surface area contributed by atoms with Gasteiger partial charge in [0.15, 0.2) is 0 Å². The Morgan fingerprint density at radius 2 is 1.97 bits per heavy atom. The van der Waals surface area contributed by atoms with Gasteiger partial charge in [-0.1, -0.05) is 29.8 Å². The average Bonchev–Trinajstić information content (AvgIpc) is 3.41. The number of halogens is 1. The van der Waals surface area contributed by atoms with Gasteiger partial charge in [0, 0.05) is 47.3 Å². The van der Waals surface area contributed by atoms with E-state index in [2.05, 4.69) is 65.1 Å². The summed E-state index contributed by atoms with van der Waals surface area (Å²) in [6, 6.07) is 21.0. The molecule has 0 spiro atoms. The highest BCUT2D eigenvalue weighted by atomic mass is 35.5. The molecule has 164 valence electrons. The molecule has 6 heteroatoms. The first kappa shape index (κ1) is 21.1. The highest BCUT2D eigenvalue weighted by Gasteiger charge is 2.27. The third kappa shape index (κ3) is 4.03. The molecule has 1 amide bonds. The van der Waals surface area contributed by atoms with Crippen LogP contribution in [-0.4, -0.2) is 41.1 Å². The summed E-state index contributed by atoms with van der Waals surface area (Å²) in [7, 11) is 0. The summed E-state index contributed by atoms with van der Waals surface area (Å²) in [6.07, 6.45) is 0. The second-order valence-corrected chi connectivity index (χ2v) is 9.90. The van der Waals surface area contributed by atoms with Crippen LogP contribution in [0, 0.1) is 6.92 Å². The van der Waals surface area contributed by atoms with Crippen LogP contribution < -0.4 is 4.90 Å². The summed E-state index contributed by atoms with van der Waals surface area (Å²) in [4.78, 5) is 19.0. The molecule has 4 aromatic rings. The van der Waals surface area contributed by atoms with Crippen molar-refractivity contribution in [1.82, 2.24) is 9.47 Å². The van der Waals surface area contributed by atoms with Crippen LogP contribution >= 0.6 is 22.9 Å². The highest BCUT2D eigenvalue weighted by Crippen LogP contribution is 2.33. The van der Waals surface area contributed by atoms with Gasteiger partial charge in [0.1, 0.15) is 6.54 Å². The number of hydrogen-bond donors (Lipinski definition) is 0. The Balaban J connectivity index is 1.38. The van der Waals surface area contributed by atoms with Gasteiger partial charge in [-0.2, -0.15) is 0 Å². The second kappa shape index (κ2) is 8.64. The Bertz CT molecular complexity index is 1260. The van der Waals surface area contributed by atoms with Gasteiger partial charge in [-0.15, -0.1) is 11.3 Å². The van der Waals surface area contributed by atoms with Gasteiger partial charge in [0.25, 0.3) is 0 Å². The minimum absolute atomic E-state index is 0.158. The van der Waals surface area contributed by atoms with E-state index in [9.17, 15) is 4.79 Å². The van der Waals surface area contributed by atoms with E-state index in [1.807, 2.05) is 29.2 Å².